The zero-order valence-corrected chi connectivity index (χ0v) is 10.5. The molecule has 0 heterocycles. The lowest BCUT2D eigenvalue weighted by Gasteiger charge is -2.17. The minimum Gasteiger partial charge on any atom is -0.424 e. The number of benzene rings is 1. The topological polar surface area (TPSA) is 38.7 Å². The third-order valence-corrected chi connectivity index (χ3v) is 2.99. The van der Waals surface area contributed by atoms with Crippen LogP contribution in [0.2, 0.25) is 0 Å². The lowest BCUT2D eigenvalue weighted by Crippen LogP contribution is -2.03. The van der Waals surface area contributed by atoms with Crippen molar-refractivity contribution in [3.63, 3.8) is 0 Å². The van der Waals surface area contributed by atoms with Crippen molar-refractivity contribution < 1.29 is 13.9 Å². The fourth-order valence-electron chi connectivity index (χ4n) is 0.884. The highest BCUT2D eigenvalue weighted by Crippen LogP contribution is 2.44. The highest BCUT2D eigenvalue weighted by molar-refractivity contribution is 8.07. The van der Waals surface area contributed by atoms with E-state index in [2.05, 4.69) is 0 Å². The first kappa shape index (κ1) is 12.7. The van der Waals surface area contributed by atoms with E-state index >= 15 is 0 Å². The normalized spacial score (nSPS) is 14.9. The Morgan fingerprint density at radius 3 is 2.47 bits per heavy atom. The van der Waals surface area contributed by atoms with E-state index in [-0.39, 0.29) is 0 Å². The molecule has 0 aliphatic heterocycles. The van der Waals surface area contributed by atoms with Gasteiger partial charge in [0.1, 0.15) is 5.75 Å². The van der Waals surface area contributed by atoms with Gasteiger partial charge in [0, 0.05) is 11.8 Å². The number of rotatable bonds is 5. The Morgan fingerprint density at radius 2 is 1.93 bits per heavy atom. The molecule has 0 fully saturated rings. The largest absolute Gasteiger partial charge is 0.424 e. The molecular formula is C10H15O3PS. The molecule has 0 amide bonds. The fraction of sp³-hybridized carbons (Fsp3) is 0.400. The van der Waals surface area contributed by atoms with Crippen LogP contribution in [-0.4, -0.2) is 11.5 Å². The molecule has 1 atom stereocenters. The summed E-state index contributed by atoms with van der Waals surface area (Å²) in [6, 6.07) is 8.95. The van der Waals surface area contributed by atoms with Gasteiger partial charge in [0.25, 0.3) is 0 Å². The maximum absolute atomic E-state index is 9.70. The van der Waals surface area contributed by atoms with Gasteiger partial charge in [0.2, 0.25) is 0 Å². The molecule has 0 radical (unpaired) electrons. The molecule has 0 aliphatic rings. The van der Waals surface area contributed by atoms with Crippen molar-refractivity contribution in [2.24, 2.45) is 5.92 Å². The van der Waals surface area contributed by atoms with Gasteiger partial charge in [-0.2, -0.15) is 0 Å². The first-order valence-electron chi connectivity index (χ1n) is 4.71. The van der Waals surface area contributed by atoms with E-state index in [0.29, 0.717) is 18.3 Å². The zero-order chi connectivity index (χ0) is 11.3. The van der Waals surface area contributed by atoms with E-state index in [1.807, 2.05) is 32.0 Å². The molecule has 0 saturated heterocycles. The molecule has 1 rings (SSSR count). The standard InChI is InChI=1S/C10H15O3PS/c1-9(2)8-12-14(11,15)13-10-6-4-3-5-7-10/h3-7,9H,8H2,1-2H3,(H,11,15). The van der Waals surface area contributed by atoms with E-state index < -0.39 is 6.72 Å². The van der Waals surface area contributed by atoms with Crippen LogP contribution in [-0.2, 0) is 16.3 Å². The van der Waals surface area contributed by atoms with Gasteiger partial charge in [-0.1, -0.05) is 32.0 Å². The van der Waals surface area contributed by atoms with Crippen molar-refractivity contribution in [1.82, 2.24) is 0 Å². The van der Waals surface area contributed by atoms with Crippen LogP contribution in [0.4, 0.5) is 0 Å². The van der Waals surface area contributed by atoms with Crippen molar-refractivity contribution in [1.29, 1.82) is 0 Å². The van der Waals surface area contributed by atoms with Crippen LogP contribution in [0.15, 0.2) is 30.3 Å². The second-order valence-corrected chi connectivity index (χ2v) is 6.32. The zero-order valence-electron chi connectivity index (χ0n) is 8.79. The molecule has 0 saturated carbocycles. The molecule has 0 bridgehead atoms. The molecule has 0 aromatic heterocycles. The molecule has 84 valence electrons. The van der Waals surface area contributed by atoms with Crippen molar-refractivity contribution in [3.05, 3.63) is 30.3 Å². The van der Waals surface area contributed by atoms with Crippen molar-refractivity contribution in [3.8, 4) is 5.75 Å². The molecule has 15 heavy (non-hydrogen) atoms. The first-order valence-corrected chi connectivity index (χ1v) is 7.31. The van der Waals surface area contributed by atoms with Crippen LogP contribution in [0.25, 0.3) is 0 Å². The summed E-state index contributed by atoms with van der Waals surface area (Å²) < 4.78 is 10.4. The molecule has 5 heteroatoms. The Morgan fingerprint density at radius 1 is 1.33 bits per heavy atom. The summed E-state index contributed by atoms with van der Waals surface area (Å²) in [5, 5.41) is 0. The molecule has 1 aromatic rings. The number of hydrogen-bond donors (Lipinski definition) is 1. The quantitative estimate of drug-likeness (QED) is 0.811. The summed E-state index contributed by atoms with van der Waals surface area (Å²) in [7, 11) is 0. The van der Waals surface area contributed by atoms with Gasteiger partial charge in [-0.15, -0.1) is 0 Å². The number of hydrogen-bond acceptors (Lipinski definition) is 3. The first-order chi connectivity index (χ1) is 6.99. The minimum atomic E-state index is -3.13. The Kier molecular flexibility index (Phi) is 4.74. The Hall–Kier alpha value is -0.410. The average molecular weight is 246 g/mol. The maximum Gasteiger partial charge on any atom is 0.377 e. The summed E-state index contributed by atoms with van der Waals surface area (Å²) in [4.78, 5) is 9.70. The molecule has 0 spiro atoms. The van der Waals surface area contributed by atoms with E-state index in [1.165, 1.54) is 0 Å². The molecule has 0 aliphatic carbocycles. The summed E-state index contributed by atoms with van der Waals surface area (Å²) in [5.41, 5.74) is 0. The lowest BCUT2D eigenvalue weighted by molar-refractivity contribution is 0.227. The van der Waals surface area contributed by atoms with Gasteiger partial charge in [0.05, 0.1) is 6.61 Å². The van der Waals surface area contributed by atoms with Crippen LogP contribution in [0.5, 0.6) is 5.75 Å². The number of para-hydroxylation sites is 1. The summed E-state index contributed by atoms with van der Waals surface area (Å²) in [6.45, 7) is 1.24. The fourth-order valence-corrected chi connectivity index (χ4v) is 2.25. The van der Waals surface area contributed by atoms with Crippen LogP contribution in [0.3, 0.4) is 0 Å². The van der Waals surface area contributed by atoms with E-state index in [9.17, 15) is 4.89 Å². The van der Waals surface area contributed by atoms with Gasteiger partial charge < -0.3 is 9.42 Å². The Bertz CT molecular complexity index is 340. The van der Waals surface area contributed by atoms with Crippen LogP contribution >= 0.6 is 6.72 Å². The highest BCUT2D eigenvalue weighted by atomic mass is 32.5. The highest BCUT2D eigenvalue weighted by Gasteiger charge is 2.17. The van der Waals surface area contributed by atoms with Crippen molar-refractivity contribution >= 4 is 18.5 Å². The van der Waals surface area contributed by atoms with Gasteiger partial charge >= 0.3 is 6.72 Å². The average Bonchev–Trinajstić information content (AvgIpc) is 2.16. The van der Waals surface area contributed by atoms with E-state index in [4.69, 9.17) is 20.9 Å². The minimum absolute atomic E-state index is 0.318. The van der Waals surface area contributed by atoms with E-state index in [0.717, 1.165) is 0 Å². The summed E-state index contributed by atoms with van der Waals surface area (Å²) in [5.74, 6) is 0.853. The van der Waals surface area contributed by atoms with Crippen LogP contribution < -0.4 is 4.52 Å². The molecule has 1 aromatic carbocycles. The van der Waals surface area contributed by atoms with Gasteiger partial charge in [-0.05, 0) is 18.1 Å². The van der Waals surface area contributed by atoms with Crippen molar-refractivity contribution in [2.45, 2.75) is 13.8 Å². The third kappa shape index (κ3) is 5.28. The molecule has 1 N–H and O–H groups in total. The second-order valence-electron chi connectivity index (χ2n) is 3.56. The smallest absolute Gasteiger partial charge is 0.377 e. The van der Waals surface area contributed by atoms with E-state index in [1.54, 1.807) is 12.1 Å². The van der Waals surface area contributed by atoms with Crippen LogP contribution in [0.1, 0.15) is 13.8 Å². The SMILES string of the molecule is CC(C)COP(O)(=S)Oc1ccccc1. The predicted molar refractivity (Wildman–Crippen MR) is 64.4 cm³/mol. The molecule has 3 nitrogen and oxygen atoms in total. The molecule has 1 unspecified atom stereocenters. The molecular weight excluding hydrogens is 231 g/mol. The van der Waals surface area contributed by atoms with Gasteiger partial charge in [0.15, 0.2) is 0 Å². The Labute approximate surface area is 95.3 Å². The van der Waals surface area contributed by atoms with Crippen LogP contribution in [0, 0.1) is 5.92 Å². The van der Waals surface area contributed by atoms with Gasteiger partial charge in [-0.25, -0.2) is 0 Å². The summed E-state index contributed by atoms with van der Waals surface area (Å²) >= 11 is 4.87. The Balaban J connectivity index is 2.53. The predicted octanol–water partition coefficient (Wildman–Crippen LogP) is 2.95. The van der Waals surface area contributed by atoms with Crippen molar-refractivity contribution in [2.75, 3.05) is 6.61 Å². The van der Waals surface area contributed by atoms with Gasteiger partial charge in [-0.3, -0.25) is 4.52 Å². The lowest BCUT2D eigenvalue weighted by atomic mass is 10.2. The third-order valence-electron chi connectivity index (χ3n) is 1.53. The monoisotopic (exact) mass is 246 g/mol. The second kappa shape index (κ2) is 5.61. The maximum atomic E-state index is 9.70. The summed E-state index contributed by atoms with van der Waals surface area (Å²) in [6.07, 6.45) is 0.